The minimum absolute atomic E-state index is 0.281. The van der Waals surface area contributed by atoms with Gasteiger partial charge in [-0.05, 0) is 31.5 Å². The van der Waals surface area contributed by atoms with E-state index < -0.39 is 14.4 Å². The second-order valence-corrected chi connectivity index (χ2v) is 13.0. The van der Waals surface area contributed by atoms with E-state index in [2.05, 4.69) is 49.1 Å². The van der Waals surface area contributed by atoms with Crippen LogP contribution in [-0.2, 0) is 4.43 Å². The monoisotopic (exact) mass is 340 g/mol. The SMILES string of the molecule is CC(O)c1cn(C2CN(CCCO[Si](C)(C)C(C)(C)C)C2)nn1. The van der Waals surface area contributed by atoms with E-state index in [4.69, 9.17) is 4.43 Å². The lowest BCUT2D eigenvalue weighted by Gasteiger charge is -2.39. The molecular weight excluding hydrogens is 308 g/mol. The largest absolute Gasteiger partial charge is 0.417 e. The van der Waals surface area contributed by atoms with E-state index in [9.17, 15) is 5.11 Å². The molecule has 1 aromatic rings. The van der Waals surface area contributed by atoms with Crippen LogP contribution in [0.4, 0.5) is 0 Å². The van der Waals surface area contributed by atoms with Gasteiger partial charge in [0.05, 0.1) is 18.3 Å². The maximum Gasteiger partial charge on any atom is 0.191 e. The van der Waals surface area contributed by atoms with Crippen molar-refractivity contribution in [2.24, 2.45) is 0 Å². The first-order valence-electron chi connectivity index (χ1n) is 8.56. The van der Waals surface area contributed by atoms with Crippen molar-refractivity contribution in [2.75, 3.05) is 26.2 Å². The van der Waals surface area contributed by atoms with Crippen LogP contribution in [-0.4, -0.2) is 59.6 Å². The Morgan fingerprint density at radius 3 is 2.57 bits per heavy atom. The van der Waals surface area contributed by atoms with Crippen LogP contribution in [0.1, 0.15) is 52.0 Å². The normalized spacial score (nSPS) is 18.9. The summed E-state index contributed by atoms with van der Waals surface area (Å²) >= 11 is 0. The van der Waals surface area contributed by atoms with Crippen molar-refractivity contribution in [3.05, 3.63) is 11.9 Å². The third-order valence-electron chi connectivity index (χ3n) is 5.16. The maximum absolute atomic E-state index is 9.49. The molecule has 23 heavy (non-hydrogen) atoms. The lowest BCUT2D eigenvalue weighted by atomic mass is 10.1. The molecule has 1 aliphatic rings. The van der Waals surface area contributed by atoms with Gasteiger partial charge in [0.15, 0.2) is 8.32 Å². The Balaban J connectivity index is 1.65. The van der Waals surface area contributed by atoms with E-state index in [1.54, 1.807) is 6.92 Å². The van der Waals surface area contributed by atoms with Crippen molar-refractivity contribution in [1.82, 2.24) is 19.9 Å². The molecule has 6 nitrogen and oxygen atoms in total. The van der Waals surface area contributed by atoms with E-state index in [1.807, 2.05) is 10.9 Å². The van der Waals surface area contributed by atoms with Gasteiger partial charge in [-0.3, -0.25) is 4.90 Å². The summed E-state index contributed by atoms with van der Waals surface area (Å²) in [5, 5.41) is 17.9. The maximum atomic E-state index is 9.49. The topological polar surface area (TPSA) is 63.4 Å². The molecule has 0 aromatic carbocycles. The van der Waals surface area contributed by atoms with Crippen molar-refractivity contribution in [3.8, 4) is 0 Å². The zero-order chi connectivity index (χ0) is 17.3. The molecule has 1 aliphatic heterocycles. The molecule has 1 atom stereocenters. The molecule has 132 valence electrons. The molecule has 1 fully saturated rings. The summed E-state index contributed by atoms with van der Waals surface area (Å²) in [6.45, 7) is 17.1. The predicted octanol–water partition coefficient (Wildman–Crippen LogP) is 2.60. The summed E-state index contributed by atoms with van der Waals surface area (Å²) in [5.41, 5.74) is 0.645. The summed E-state index contributed by atoms with van der Waals surface area (Å²) in [5.74, 6) is 0. The summed E-state index contributed by atoms with van der Waals surface area (Å²) in [7, 11) is -1.61. The molecule has 0 saturated carbocycles. The van der Waals surface area contributed by atoms with Crippen LogP contribution in [0.2, 0.25) is 18.1 Å². The zero-order valence-electron chi connectivity index (χ0n) is 15.4. The molecule has 0 aliphatic carbocycles. The lowest BCUT2D eigenvalue weighted by Crippen LogP contribution is -2.48. The third kappa shape index (κ3) is 4.62. The van der Waals surface area contributed by atoms with Crippen LogP contribution in [0.3, 0.4) is 0 Å². The average Bonchev–Trinajstić information content (AvgIpc) is 2.84. The van der Waals surface area contributed by atoms with Gasteiger partial charge >= 0.3 is 0 Å². The highest BCUT2D eigenvalue weighted by Crippen LogP contribution is 2.36. The van der Waals surface area contributed by atoms with E-state index in [0.29, 0.717) is 11.7 Å². The smallest absolute Gasteiger partial charge is 0.191 e. The molecule has 0 radical (unpaired) electrons. The number of nitrogens with zero attached hydrogens (tertiary/aromatic N) is 4. The van der Waals surface area contributed by atoms with Crippen LogP contribution < -0.4 is 0 Å². The molecule has 7 heteroatoms. The van der Waals surface area contributed by atoms with Crippen LogP contribution in [0.25, 0.3) is 0 Å². The lowest BCUT2D eigenvalue weighted by molar-refractivity contribution is 0.0897. The Bertz CT molecular complexity index is 504. The Morgan fingerprint density at radius 1 is 1.39 bits per heavy atom. The van der Waals surface area contributed by atoms with E-state index >= 15 is 0 Å². The highest BCUT2D eigenvalue weighted by molar-refractivity contribution is 6.74. The van der Waals surface area contributed by atoms with Gasteiger partial charge in [0.1, 0.15) is 5.69 Å². The molecule has 1 unspecified atom stereocenters. The summed E-state index contributed by atoms with van der Waals surface area (Å²) in [4.78, 5) is 2.42. The minimum atomic E-state index is -1.61. The van der Waals surface area contributed by atoms with E-state index in [-0.39, 0.29) is 5.04 Å². The van der Waals surface area contributed by atoms with Crippen molar-refractivity contribution < 1.29 is 9.53 Å². The first kappa shape index (κ1) is 18.6. The highest BCUT2D eigenvalue weighted by atomic mass is 28.4. The van der Waals surface area contributed by atoms with Crippen molar-refractivity contribution >= 4 is 8.32 Å². The van der Waals surface area contributed by atoms with Gasteiger partial charge in [-0.25, -0.2) is 4.68 Å². The van der Waals surface area contributed by atoms with Crippen LogP contribution in [0.15, 0.2) is 6.20 Å². The summed E-state index contributed by atoms with van der Waals surface area (Å²) in [6, 6.07) is 0.385. The van der Waals surface area contributed by atoms with Gasteiger partial charge in [-0.1, -0.05) is 26.0 Å². The fraction of sp³-hybridized carbons (Fsp3) is 0.875. The second-order valence-electron chi connectivity index (χ2n) is 8.18. The first-order chi connectivity index (χ1) is 10.6. The van der Waals surface area contributed by atoms with Crippen molar-refractivity contribution in [1.29, 1.82) is 0 Å². The average molecular weight is 341 g/mol. The predicted molar refractivity (Wildman–Crippen MR) is 93.9 cm³/mol. The zero-order valence-corrected chi connectivity index (χ0v) is 16.4. The number of hydrogen-bond acceptors (Lipinski definition) is 5. The van der Waals surface area contributed by atoms with Gasteiger partial charge in [-0.2, -0.15) is 0 Å². The van der Waals surface area contributed by atoms with E-state index in [0.717, 1.165) is 32.7 Å². The number of likely N-dealkylation sites (tertiary alicyclic amines) is 1. The van der Waals surface area contributed by atoms with Crippen molar-refractivity contribution in [3.63, 3.8) is 0 Å². The number of aliphatic hydroxyl groups is 1. The van der Waals surface area contributed by atoms with Gasteiger partial charge in [0.2, 0.25) is 0 Å². The van der Waals surface area contributed by atoms with Crippen LogP contribution >= 0.6 is 0 Å². The Labute approximate surface area is 141 Å². The Hall–Kier alpha value is -0.763. The highest BCUT2D eigenvalue weighted by Gasteiger charge is 2.37. The third-order valence-corrected chi connectivity index (χ3v) is 9.69. The molecule has 1 N–H and O–H groups in total. The van der Waals surface area contributed by atoms with Crippen LogP contribution in [0.5, 0.6) is 0 Å². The van der Waals surface area contributed by atoms with Gasteiger partial charge < -0.3 is 9.53 Å². The van der Waals surface area contributed by atoms with Gasteiger partial charge in [-0.15, -0.1) is 5.10 Å². The molecule has 2 rings (SSSR count). The molecule has 1 saturated heterocycles. The number of aromatic nitrogens is 3. The fourth-order valence-electron chi connectivity index (χ4n) is 2.38. The van der Waals surface area contributed by atoms with Gasteiger partial charge in [0.25, 0.3) is 0 Å². The quantitative estimate of drug-likeness (QED) is 0.610. The summed E-state index contributed by atoms with van der Waals surface area (Å²) in [6.07, 6.45) is 2.38. The van der Waals surface area contributed by atoms with Gasteiger partial charge in [0, 0.05) is 26.2 Å². The molecule has 2 heterocycles. The first-order valence-corrected chi connectivity index (χ1v) is 11.5. The Kier molecular flexibility index (Phi) is 5.66. The Morgan fingerprint density at radius 2 is 2.04 bits per heavy atom. The number of hydrogen-bond donors (Lipinski definition) is 1. The number of aliphatic hydroxyl groups excluding tert-OH is 1. The summed E-state index contributed by atoms with van der Waals surface area (Å²) < 4.78 is 8.09. The van der Waals surface area contributed by atoms with Crippen molar-refractivity contribution in [2.45, 2.75) is 64.4 Å². The molecule has 0 amide bonds. The minimum Gasteiger partial charge on any atom is -0.417 e. The standard InChI is InChI=1S/C16H32N4O2Si/c1-13(21)15-12-20(18-17-15)14-10-19(11-14)8-7-9-22-23(5,6)16(2,3)4/h12-14,21H,7-11H2,1-6H3. The number of rotatable bonds is 7. The molecule has 1 aromatic heterocycles. The molecule has 0 spiro atoms. The fourth-order valence-corrected chi connectivity index (χ4v) is 3.47. The van der Waals surface area contributed by atoms with E-state index in [1.165, 1.54) is 0 Å². The molecule has 0 bridgehead atoms. The molecular formula is C16H32N4O2Si. The second kappa shape index (κ2) is 7.00. The van der Waals surface area contributed by atoms with Crippen LogP contribution in [0, 0.1) is 0 Å².